The lowest BCUT2D eigenvalue weighted by Gasteiger charge is -2.03. The molecule has 0 spiro atoms. The third-order valence-electron chi connectivity index (χ3n) is 1.61. The summed E-state index contributed by atoms with van der Waals surface area (Å²) in [6.07, 6.45) is 4.68. The summed E-state index contributed by atoms with van der Waals surface area (Å²) in [6.45, 7) is 0. The Hall–Kier alpha value is -2.02. The number of allylic oxidation sites excluding steroid dienone is 2. The van der Waals surface area contributed by atoms with Gasteiger partial charge in [-0.1, -0.05) is 0 Å². The Balaban J connectivity index is 2.64. The summed E-state index contributed by atoms with van der Waals surface area (Å²) in [6, 6.07) is 1.79. The quantitative estimate of drug-likeness (QED) is 0.510. The van der Waals surface area contributed by atoms with E-state index in [2.05, 4.69) is 9.98 Å². The molecule has 0 aromatic carbocycles. The lowest BCUT2D eigenvalue weighted by Crippen LogP contribution is -2.07. The third-order valence-corrected chi connectivity index (χ3v) is 1.61. The van der Waals surface area contributed by atoms with Gasteiger partial charge in [0.25, 0.3) is 5.91 Å². The van der Waals surface area contributed by atoms with E-state index < -0.39 is 5.91 Å². The van der Waals surface area contributed by atoms with E-state index >= 15 is 0 Å². The zero-order valence-corrected chi connectivity index (χ0v) is 5.98. The molecule has 2 aliphatic rings. The number of hydrogen-bond donors (Lipinski definition) is 0. The van der Waals surface area contributed by atoms with Crippen LogP contribution in [0.15, 0.2) is 32.9 Å². The van der Waals surface area contributed by atoms with E-state index in [1.54, 1.807) is 18.4 Å². The average molecular weight is 157 g/mol. The molecule has 2 rings (SSSR count). The van der Waals surface area contributed by atoms with Crippen molar-refractivity contribution in [3.05, 3.63) is 22.9 Å². The molecular weight excluding hydrogens is 154 g/mol. The Labute approximate surface area is 68.2 Å². The van der Waals surface area contributed by atoms with Crippen LogP contribution in [0.3, 0.4) is 0 Å². The normalized spacial score (nSPS) is 19.2. The molecule has 1 amide bonds. The Morgan fingerprint density at radius 1 is 1.42 bits per heavy atom. The van der Waals surface area contributed by atoms with Crippen LogP contribution in [-0.4, -0.2) is 18.3 Å². The Morgan fingerprint density at radius 2 is 2.25 bits per heavy atom. The molecule has 0 saturated heterocycles. The summed E-state index contributed by atoms with van der Waals surface area (Å²) in [5, 5.41) is 8.60. The fourth-order valence-electron chi connectivity index (χ4n) is 1.05. The fraction of sp³-hybridized carbons (Fsp3) is 0. The zero-order valence-electron chi connectivity index (χ0n) is 5.98. The number of fused-ring (bicyclic) bond motifs is 1. The van der Waals surface area contributed by atoms with E-state index in [1.165, 1.54) is 6.21 Å². The summed E-state index contributed by atoms with van der Waals surface area (Å²) < 4.78 is 0. The smallest absolute Gasteiger partial charge is 0.266 e. The van der Waals surface area contributed by atoms with Gasteiger partial charge in [-0.2, -0.15) is 5.26 Å². The molecule has 2 aliphatic heterocycles. The van der Waals surface area contributed by atoms with E-state index in [9.17, 15) is 4.79 Å². The van der Waals surface area contributed by atoms with Gasteiger partial charge in [-0.05, 0) is 6.08 Å². The van der Waals surface area contributed by atoms with Crippen molar-refractivity contribution in [3.8, 4) is 6.07 Å². The molecule has 56 valence electrons. The number of hydrogen-bond acceptors (Lipinski definition) is 3. The maximum atomic E-state index is 11.0. The summed E-state index contributed by atoms with van der Waals surface area (Å²) in [5.41, 5.74) is 1.20. The third kappa shape index (κ3) is 0.736. The molecule has 4 nitrogen and oxygen atoms in total. The summed E-state index contributed by atoms with van der Waals surface area (Å²) in [7, 11) is 0. The number of aliphatic imine (C=N–C) groups is 2. The van der Waals surface area contributed by atoms with E-state index in [-0.39, 0.29) is 5.57 Å². The molecule has 0 unspecified atom stereocenters. The number of carbonyl (C=O) groups is 1. The number of amides is 1. The summed E-state index contributed by atoms with van der Waals surface area (Å²) in [5.74, 6) is -0.510. The molecule has 0 atom stereocenters. The van der Waals surface area contributed by atoms with Gasteiger partial charge in [0.1, 0.15) is 11.6 Å². The van der Waals surface area contributed by atoms with Gasteiger partial charge in [0.15, 0.2) is 0 Å². The first-order chi connectivity index (χ1) is 5.83. The van der Waals surface area contributed by atoms with Crippen LogP contribution in [0.2, 0.25) is 0 Å². The highest BCUT2D eigenvalue weighted by molar-refractivity contribution is 6.12. The van der Waals surface area contributed by atoms with Crippen LogP contribution in [0.4, 0.5) is 0 Å². The first kappa shape index (κ1) is 6.68. The molecular formula is C8H3N3O. The van der Waals surface area contributed by atoms with Crippen molar-refractivity contribution in [2.75, 3.05) is 0 Å². The Morgan fingerprint density at radius 3 is 3.00 bits per heavy atom. The number of rotatable bonds is 0. The highest BCUT2D eigenvalue weighted by atomic mass is 16.1. The molecule has 0 radical (unpaired) electrons. The predicted octanol–water partition coefficient (Wildman–Crippen LogP) is 0.386. The largest absolute Gasteiger partial charge is 0.289 e. The van der Waals surface area contributed by atoms with Crippen LogP contribution in [0, 0.1) is 11.3 Å². The molecule has 0 aromatic rings. The van der Waals surface area contributed by atoms with Crippen molar-refractivity contribution in [2.45, 2.75) is 0 Å². The summed E-state index contributed by atoms with van der Waals surface area (Å²) >= 11 is 0. The van der Waals surface area contributed by atoms with Gasteiger partial charge >= 0.3 is 0 Å². The second kappa shape index (κ2) is 2.24. The standard InChI is InChI=1S/C8H3N3O/c9-3-6-7-5(1-2-10-7)4-11-8(6)12/h1-2,4H. The van der Waals surface area contributed by atoms with Crippen molar-refractivity contribution in [3.63, 3.8) is 0 Å². The maximum Gasteiger partial charge on any atom is 0.289 e. The van der Waals surface area contributed by atoms with E-state index in [0.717, 1.165) is 5.57 Å². The molecule has 0 aliphatic carbocycles. The van der Waals surface area contributed by atoms with Gasteiger partial charge in [0.05, 0.1) is 5.70 Å². The van der Waals surface area contributed by atoms with Crippen molar-refractivity contribution in [1.29, 1.82) is 5.26 Å². The minimum Gasteiger partial charge on any atom is -0.266 e. The molecule has 12 heavy (non-hydrogen) atoms. The summed E-state index contributed by atoms with van der Waals surface area (Å²) in [4.78, 5) is 18.4. The topological polar surface area (TPSA) is 65.6 Å². The Kier molecular flexibility index (Phi) is 1.25. The van der Waals surface area contributed by atoms with Crippen LogP contribution >= 0.6 is 0 Å². The first-order valence-corrected chi connectivity index (χ1v) is 3.30. The van der Waals surface area contributed by atoms with E-state index in [0.29, 0.717) is 5.70 Å². The second-order valence-electron chi connectivity index (χ2n) is 2.30. The monoisotopic (exact) mass is 157 g/mol. The minimum absolute atomic E-state index is 0.0255. The fourth-order valence-corrected chi connectivity index (χ4v) is 1.05. The molecule has 2 heterocycles. The molecule has 0 fully saturated rings. The SMILES string of the molecule is N#CC1=C2N=CC=C2C=NC1=O. The van der Waals surface area contributed by atoms with Gasteiger partial charge in [-0.3, -0.25) is 9.79 Å². The highest BCUT2D eigenvalue weighted by Crippen LogP contribution is 2.22. The van der Waals surface area contributed by atoms with Crippen LogP contribution in [0.1, 0.15) is 0 Å². The van der Waals surface area contributed by atoms with E-state index in [1.807, 2.05) is 0 Å². The maximum absolute atomic E-state index is 11.0. The van der Waals surface area contributed by atoms with Crippen molar-refractivity contribution in [1.82, 2.24) is 0 Å². The number of nitrogens with zero attached hydrogens (tertiary/aromatic N) is 3. The predicted molar refractivity (Wildman–Crippen MR) is 42.7 cm³/mol. The number of carbonyl (C=O) groups excluding carboxylic acids is 1. The van der Waals surface area contributed by atoms with Gasteiger partial charge in [0, 0.05) is 18.0 Å². The van der Waals surface area contributed by atoms with Crippen molar-refractivity contribution >= 4 is 18.3 Å². The molecule has 0 bridgehead atoms. The van der Waals surface area contributed by atoms with Crippen LogP contribution in [0.5, 0.6) is 0 Å². The minimum atomic E-state index is -0.510. The molecule has 4 heteroatoms. The van der Waals surface area contributed by atoms with Crippen LogP contribution in [0.25, 0.3) is 0 Å². The molecule has 0 aromatic heterocycles. The van der Waals surface area contributed by atoms with Crippen LogP contribution in [-0.2, 0) is 4.79 Å². The van der Waals surface area contributed by atoms with Crippen LogP contribution < -0.4 is 0 Å². The number of nitriles is 1. The lowest BCUT2D eigenvalue weighted by molar-refractivity contribution is -0.114. The van der Waals surface area contributed by atoms with E-state index in [4.69, 9.17) is 5.26 Å². The van der Waals surface area contributed by atoms with Gasteiger partial charge in [-0.15, -0.1) is 0 Å². The van der Waals surface area contributed by atoms with Gasteiger partial charge in [0.2, 0.25) is 0 Å². The van der Waals surface area contributed by atoms with Gasteiger partial charge in [-0.25, -0.2) is 4.99 Å². The number of dihydropyridines is 1. The average Bonchev–Trinajstić information content (AvgIpc) is 2.52. The second-order valence-corrected chi connectivity index (χ2v) is 2.30. The van der Waals surface area contributed by atoms with Crippen molar-refractivity contribution in [2.24, 2.45) is 9.98 Å². The first-order valence-electron chi connectivity index (χ1n) is 3.30. The highest BCUT2D eigenvalue weighted by Gasteiger charge is 2.22. The van der Waals surface area contributed by atoms with Crippen molar-refractivity contribution < 1.29 is 4.79 Å². The Bertz CT molecular complexity index is 418. The molecule has 0 N–H and O–H groups in total. The lowest BCUT2D eigenvalue weighted by atomic mass is 10.1. The molecule has 0 saturated carbocycles. The zero-order chi connectivity index (χ0) is 8.55. The van der Waals surface area contributed by atoms with Gasteiger partial charge < -0.3 is 0 Å².